The van der Waals surface area contributed by atoms with Crippen molar-refractivity contribution in [2.24, 2.45) is 5.10 Å². The maximum Gasteiger partial charge on any atom is 0.282 e. The molecular formula is C20H18Br2ClN3O2. The van der Waals surface area contributed by atoms with E-state index >= 15 is 0 Å². The molecule has 146 valence electrons. The van der Waals surface area contributed by atoms with Crippen molar-refractivity contribution >= 4 is 60.6 Å². The van der Waals surface area contributed by atoms with Gasteiger partial charge >= 0.3 is 0 Å². The average Bonchev–Trinajstić information content (AvgIpc) is 2.60. The molecule has 0 radical (unpaired) electrons. The first-order valence-electron chi connectivity index (χ1n) is 8.42. The van der Waals surface area contributed by atoms with Gasteiger partial charge in [-0.2, -0.15) is 9.78 Å². The molecule has 0 aliphatic rings. The summed E-state index contributed by atoms with van der Waals surface area (Å²) in [6, 6.07) is 8.99. The Balaban J connectivity index is 2.20. The molecule has 2 aromatic carbocycles. The molecule has 8 heteroatoms. The predicted molar refractivity (Wildman–Crippen MR) is 121 cm³/mol. The van der Waals surface area contributed by atoms with Crippen LogP contribution >= 0.6 is 43.5 Å². The Hall–Kier alpha value is -1.70. The van der Waals surface area contributed by atoms with Gasteiger partial charge in [0.1, 0.15) is 5.82 Å². The lowest BCUT2D eigenvalue weighted by Crippen LogP contribution is -2.29. The van der Waals surface area contributed by atoms with E-state index in [4.69, 9.17) is 21.3 Å². The van der Waals surface area contributed by atoms with Crippen LogP contribution in [0.15, 0.2) is 49.2 Å². The number of benzene rings is 2. The fourth-order valence-electron chi connectivity index (χ4n) is 2.71. The number of nitrogens with zero attached hydrogens (tertiary/aromatic N) is 3. The van der Waals surface area contributed by atoms with Gasteiger partial charge in [-0.15, -0.1) is 0 Å². The summed E-state index contributed by atoms with van der Waals surface area (Å²) >= 11 is 13.1. The molecule has 0 saturated carbocycles. The molecule has 0 amide bonds. The highest BCUT2D eigenvalue weighted by Crippen LogP contribution is 2.33. The van der Waals surface area contributed by atoms with Crippen molar-refractivity contribution in [1.29, 1.82) is 0 Å². The van der Waals surface area contributed by atoms with Gasteiger partial charge in [0, 0.05) is 9.89 Å². The van der Waals surface area contributed by atoms with Gasteiger partial charge in [0.15, 0.2) is 5.75 Å². The standard InChI is InChI=1S/C20H18Br2ClN3O2/c1-20(2,3)19-25-16-6-5-12(21)9-13(16)18(27)26(19)24-10-11-7-14(22)17(28-4)15(23)8-11/h5-10H,1-4H3. The zero-order chi connectivity index (χ0) is 20.6. The molecular weight excluding hydrogens is 510 g/mol. The molecule has 0 spiro atoms. The SMILES string of the molecule is COc1c(Cl)cc(C=Nn2c(C(C)(C)C)nc3ccc(Br)cc3c2=O)cc1Br. The lowest BCUT2D eigenvalue weighted by Gasteiger charge is -2.20. The summed E-state index contributed by atoms with van der Waals surface area (Å²) in [6.07, 6.45) is 1.58. The number of fused-ring (bicyclic) bond motifs is 1. The highest BCUT2D eigenvalue weighted by molar-refractivity contribution is 9.10. The quantitative estimate of drug-likeness (QED) is 0.407. The van der Waals surface area contributed by atoms with Crippen LogP contribution < -0.4 is 10.3 Å². The number of ether oxygens (including phenoxy) is 1. The van der Waals surface area contributed by atoms with Crippen LogP contribution in [0.25, 0.3) is 10.9 Å². The second-order valence-electron chi connectivity index (χ2n) is 7.23. The lowest BCUT2D eigenvalue weighted by atomic mass is 9.95. The van der Waals surface area contributed by atoms with E-state index < -0.39 is 0 Å². The van der Waals surface area contributed by atoms with Crippen molar-refractivity contribution in [1.82, 2.24) is 9.66 Å². The minimum atomic E-state index is -0.379. The molecule has 0 aliphatic heterocycles. The molecule has 0 aliphatic carbocycles. The van der Waals surface area contributed by atoms with Crippen LogP contribution in [0.5, 0.6) is 5.75 Å². The molecule has 1 aromatic heterocycles. The number of hydrogen-bond acceptors (Lipinski definition) is 4. The van der Waals surface area contributed by atoms with Gasteiger partial charge in [0.2, 0.25) is 0 Å². The van der Waals surface area contributed by atoms with Crippen LogP contribution in [-0.2, 0) is 5.41 Å². The Morgan fingerprint density at radius 3 is 2.54 bits per heavy atom. The molecule has 0 saturated heterocycles. The van der Waals surface area contributed by atoms with Gasteiger partial charge in [0.25, 0.3) is 5.56 Å². The molecule has 0 N–H and O–H groups in total. The largest absolute Gasteiger partial charge is 0.494 e. The average molecular weight is 528 g/mol. The Morgan fingerprint density at radius 2 is 1.93 bits per heavy atom. The second kappa shape index (κ2) is 7.97. The Labute approximate surface area is 184 Å². The van der Waals surface area contributed by atoms with E-state index in [2.05, 4.69) is 37.0 Å². The number of rotatable bonds is 3. The van der Waals surface area contributed by atoms with Crippen LogP contribution in [0.2, 0.25) is 5.02 Å². The van der Waals surface area contributed by atoms with Crippen molar-refractivity contribution in [2.75, 3.05) is 7.11 Å². The van der Waals surface area contributed by atoms with Crippen LogP contribution in [0, 0.1) is 0 Å². The summed E-state index contributed by atoms with van der Waals surface area (Å²) in [5.41, 5.74) is 0.750. The highest BCUT2D eigenvalue weighted by Gasteiger charge is 2.23. The van der Waals surface area contributed by atoms with Gasteiger partial charge in [-0.1, -0.05) is 48.3 Å². The molecule has 0 atom stereocenters. The van der Waals surface area contributed by atoms with Gasteiger partial charge in [-0.25, -0.2) is 4.98 Å². The Kier molecular flexibility index (Phi) is 5.98. The topological polar surface area (TPSA) is 56.5 Å². The third-order valence-electron chi connectivity index (χ3n) is 4.03. The lowest BCUT2D eigenvalue weighted by molar-refractivity contribution is 0.412. The minimum Gasteiger partial charge on any atom is -0.494 e. The fraction of sp³-hybridized carbons (Fsp3) is 0.250. The van der Waals surface area contributed by atoms with Crippen LogP contribution in [-0.4, -0.2) is 23.0 Å². The molecule has 0 unspecified atom stereocenters. The van der Waals surface area contributed by atoms with Crippen molar-refractivity contribution in [3.05, 3.63) is 66.0 Å². The number of methoxy groups -OCH3 is 1. The summed E-state index contributed by atoms with van der Waals surface area (Å²) in [7, 11) is 1.55. The maximum absolute atomic E-state index is 13.1. The maximum atomic E-state index is 13.1. The summed E-state index contributed by atoms with van der Waals surface area (Å²) < 4.78 is 8.10. The van der Waals surface area contributed by atoms with E-state index in [-0.39, 0.29) is 11.0 Å². The van der Waals surface area contributed by atoms with Gasteiger partial charge in [-0.3, -0.25) is 4.79 Å². The van der Waals surface area contributed by atoms with E-state index in [0.29, 0.717) is 32.0 Å². The zero-order valence-corrected chi connectivity index (χ0v) is 19.7. The van der Waals surface area contributed by atoms with Crippen molar-refractivity contribution < 1.29 is 4.74 Å². The first-order valence-corrected chi connectivity index (χ1v) is 10.4. The monoisotopic (exact) mass is 525 g/mol. The molecule has 0 bridgehead atoms. The normalized spacial score (nSPS) is 12.1. The van der Waals surface area contributed by atoms with Gasteiger partial charge in [-0.05, 0) is 51.8 Å². The predicted octanol–water partition coefficient (Wildman–Crippen LogP) is 5.76. The van der Waals surface area contributed by atoms with E-state index in [1.54, 1.807) is 25.5 Å². The fourth-order valence-corrected chi connectivity index (χ4v) is 4.13. The molecule has 1 heterocycles. The highest BCUT2D eigenvalue weighted by atomic mass is 79.9. The summed E-state index contributed by atoms with van der Waals surface area (Å²) in [5.74, 6) is 1.12. The van der Waals surface area contributed by atoms with E-state index in [1.165, 1.54) is 4.68 Å². The van der Waals surface area contributed by atoms with E-state index in [1.807, 2.05) is 39.0 Å². The van der Waals surface area contributed by atoms with Gasteiger partial charge < -0.3 is 4.74 Å². The summed E-state index contributed by atoms with van der Waals surface area (Å²) in [6.45, 7) is 5.98. The molecule has 5 nitrogen and oxygen atoms in total. The van der Waals surface area contributed by atoms with Crippen LogP contribution in [0.4, 0.5) is 0 Å². The summed E-state index contributed by atoms with van der Waals surface area (Å²) in [5, 5.41) is 5.38. The Bertz CT molecular complexity index is 1130. The molecule has 0 fully saturated rings. The summed E-state index contributed by atoms with van der Waals surface area (Å²) in [4.78, 5) is 17.8. The number of hydrogen-bond donors (Lipinski definition) is 0. The minimum absolute atomic E-state index is 0.230. The Morgan fingerprint density at radius 1 is 1.21 bits per heavy atom. The zero-order valence-electron chi connectivity index (χ0n) is 15.8. The number of aromatic nitrogens is 2. The van der Waals surface area contributed by atoms with E-state index in [9.17, 15) is 4.79 Å². The second-order valence-corrected chi connectivity index (χ2v) is 9.40. The number of halogens is 3. The van der Waals surface area contributed by atoms with Crippen molar-refractivity contribution in [3.8, 4) is 5.75 Å². The third-order valence-corrected chi connectivity index (χ3v) is 5.39. The smallest absolute Gasteiger partial charge is 0.282 e. The molecule has 3 aromatic rings. The molecule has 3 rings (SSSR count). The van der Waals surface area contributed by atoms with Crippen LogP contribution in [0.3, 0.4) is 0 Å². The first-order chi connectivity index (χ1) is 13.1. The van der Waals surface area contributed by atoms with E-state index in [0.717, 1.165) is 10.0 Å². The van der Waals surface area contributed by atoms with Gasteiger partial charge in [0.05, 0.1) is 33.7 Å². The first kappa shape index (κ1) is 21.0. The van der Waals surface area contributed by atoms with Crippen molar-refractivity contribution in [2.45, 2.75) is 26.2 Å². The molecule has 28 heavy (non-hydrogen) atoms. The van der Waals surface area contributed by atoms with Crippen molar-refractivity contribution in [3.63, 3.8) is 0 Å². The van der Waals surface area contributed by atoms with Crippen LogP contribution in [0.1, 0.15) is 32.2 Å². The third kappa shape index (κ3) is 4.16.